The second-order valence-electron chi connectivity index (χ2n) is 5.46. The summed E-state index contributed by atoms with van der Waals surface area (Å²) in [5.74, 6) is -0.440. The van der Waals surface area contributed by atoms with Gasteiger partial charge in [0.25, 0.3) is 0 Å². The molecule has 1 aromatic heterocycles. The van der Waals surface area contributed by atoms with E-state index in [9.17, 15) is 9.28 Å². The predicted octanol–water partition coefficient (Wildman–Crippen LogP) is 1.25. The van der Waals surface area contributed by atoms with Gasteiger partial charge in [-0.15, -0.1) is 9.60 Å². The van der Waals surface area contributed by atoms with E-state index in [2.05, 4.69) is 4.98 Å². The largest absolute Gasteiger partial charge is 0.366 e. The summed E-state index contributed by atoms with van der Waals surface area (Å²) in [5, 5.41) is 0.885. The van der Waals surface area contributed by atoms with Gasteiger partial charge in [0.1, 0.15) is 0 Å². The molecule has 1 aliphatic heterocycles. The summed E-state index contributed by atoms with van der Waals surface area (Å²) in [6.45, 7) is 0.993. The number of aromatic nitrogens is 1. The van der Waals surface area contributed by atoms with Crippen molar-refractivity contribution in [3.05, 3.63) is 29.1 Å². The number of primary amides is 1. The summed E-state index contributed by atoms with van der Waals surface area (Å²) in [6.07, 6.45) is 5.04. The highest BCUT2D eigenvalue weighted by Crippen LogP contribution is 2.44. The minimum Gasteiger partial charge on any atom is -0.366 e. The molecule has 2 aliphatic rings. The molecule has 0 aromatic carbocycles. The van der Waals surface area contributed by atoms with E-state index in [1.54, 1.807) is 6.20 Å². The van der Waals surface area contributed by atoms with Crippen molar-refractivity contribution in [1.29, 1.82) is 0 Å². The normalized spacial score (nSPS) is 22.1. The van der Waals surface area contributed by atoms with Crippen LogP contribution in [0.3, 0.4) is 0 Å². The molecule has 18 heavy (non-hydrogen) atoms. The second-order valence-corrected chi connectivity index (χ2v) is 5.46. The van der Waals surface area contributed by atoms with Crippen LogP contribution in [0.5, 0.6) is 0 Å². The Bertz CT molecular complexity index is 495. The van der Waals surface area contributed by atoms with Crippen molar-refractivity contribution in [3.8, 4) is 0 Å². The Morgan fingerprint density at radius 1 is 1.39 bits per heavy atom. The Hall–Kier alpha value is -1.49. The topological polar surface area (TPSA) is 59.2 Å². The average molecular weight is 249 g/mol. The highest BCUT2D eigenvalue weighted by molar-refractivity contribution is 5.92. The Kier molecular flexibility index (Phi) is 2.59. The van der Waals surface area contributed by atoms with Crippen LogP contribution in [0.2, 0.25) is 0 Å². The summed E-state index contributed by atoms with van der Waals surface area (Å²) in [7, 11) is 0. The van der Waals surface area contributed by atoms with Crippen molar-refractivity contribution in [3.63, 3.8) is 0 Å². The first-order chi connectivity index (χ1) is 8.58. The smallest absolute Gasteiger partial charge is 0.250 e. The summed E-state index contributed by atoms with van der Waals surface area (Å²) in [4.78, 5) is 15.5. The van der Waals surface area contributed by atoms with Gasteiger partial charge in [-0.25, -0.2) is 0 Å². The molecular weight excluding hydrogens is 233 g/mol. The Balaban J connectivity index is 1.85. The molecule has 0 saturated carbocycles. The summed E-state index contributed by atoms with van der Waals surface area (Å²) < 4.78 is 13.1. The molecule has 1 aromatic rings. The summed E-state index contributed by atoms with van der Waals surface area (Å²) >= 11 is 0. The molecule has 0 atom stereocenters. The summed E-state index contributed by atoms with van der Waals surface area (Å²) in [5.41, 5.74) is 8.03. The van der Waals surface area contributed by atoms with Gasteiger partial charge in [0.05, 0.1) is 5.56 Å². The highest BCUT2D eigenvalue weighted by atomic mass is 19.2. The lowest BCUT2D eigenvalue weighted by molar-refractivity contribution is -0.0331. The van der Waals surface area contributed by atoms with Crippen LogP contribution in [0, 0.1) is 5.41 Å². The van der Waals surface area contributed by atoms with Crippen molar-refractivity contribution in [2.45, 2.75) is 25.7 Å². The van der Waals surface area contributed by atoms with Gasteiger partial charge in [-0.05, 0) is 42.7 Å². The van der Waals surface area contributed by atoms with Crippen LogP contribution in [-0.2, 0) is 12.8 Å². The van der Waals surface area contributed by atoms with E-state index in [0.717, 1.165) is 42.1 Å². The van der Waals surface area contributed by atoms with Gasteiger partial charge in [-0.2, -0.15) is 0 Å². The van der Waals surface area contributed by atoms with E-state index in [4.69, 9.17) is 5.73 Å². The maximum Gasteiger partial charge on any atom is 0.250 e. The first-order valence-electron chi connectivity index (χ1n) is 6.26. The van der Waals surface area contributed by atoms with Crippen molar-refractivity contribution in [2.24, 2.45) is 11.1 Å². The quantitative estimate of drug-likeness (QED) is 0.762. The van der Waals surface area contributed by atoms with Crippen molar-refractivity contribution in [1.82, 2.24) is 10.1 Å². The fraction of sp³-hybridized carbons (Fsp3) is 0.538. The van der Waals surface area contributed by atoms with E-state index in [1.165, 1.54) is 0 Å². The molecular formula is C13H16FN3O. The van der Waals surface area contributed by atoms with E-state index >= 15 is 0 Å². The molecule has 1 amide bonds. The van der Waals surface area contributed by atoms with E-state index in [-0.39, 0.29) is 5.41 Å². The van der Waals surface area contributed by atoms with E-state index in [1.807, 2.05) is 6.07 Å². The first kappa shape index (κ1) is 11.6. The maximum atomic E-state index is 13.1. The highest BCUT2D eigenvalue weighted by Gasteiger charge is 2.40. The van der Waals surface area contributed by atoms with Gasteiger partial charge in [0, 0.05) is 25.0 Å². The van der Waals surface area contributed by atoms with Crippen LogP contribution in [0.1, 0.15) is 34.5 Å². The fourth-order valence-electron chi connectivity index (χ4n) is 3.11. The van der Waals surface area contributed by atoms with Crippen LogP contribution < -0.4 is 5.73 Å². The number of nitrogens with zero attached hydrogens (tertiary/aromatic N) is 2. The lowest BCUT2D eigenvalue weighted by Gasteiger charge is -2.35. The second kappa shape index (κ2) is 4.02. The molecule has 0 unspecified atom stereocenters. The third-order valence-corrected chi connectivity index (χ3v) is 4.22. The Morgan fingerprint density at radius 2 is 2.11 bits per heavy atom. The van der Waals surface area contributed by atoms with Gasteiger partial charge in [0.15, 0.2) is 0 Å². The van der Waals surface area contributed by atoms with Crippen molar-refractivity contribution >= 4 is 5.91 Å². The predicted molar refractivity (Wildman–Crippen MR) is 64.5 cm³/mol. The summed E-state index contributed by atoms with van der Waals surface area (Å²) in [6, 6.07) is 1.85. The molecule has 3 rings (SSSR count). The fourth-order valence-corrected chi connectivity index (χ4v) is 3.11. The average Bonchev–Trinajstić information content (AvgIpc) is 2.70. The molecule has 1 saturated heterocycles. The molecule has 4 nitrogen and oxygen atoms in total. The zero-order valence-electron chi connectivity index (χ0n) is 10.2. The van der Waals surface area contributed by atoms with Gasteiger partial charge in [-0.1, -0.05) is 0 Å². The standard InChI is InChI=1S/C13H16FN3O/c14-17-3-1-13(2-4-17)6-9-5-10(12(15)18)8-16-11(9)7-13/h5,8H,1-4,6-7H2,(H2,15,18). The number of halogens is 1. The molecule has 96 valence electrons. The molecule has 1 fully saturated rings. The minimum atomic E-state index is -0.440. The number of amides is 1. The van der Waals surface area contributed by atoms with Crippen LogP contribution in [0.25, 0.3) is 0 Å². The molecule has 0 bridgehead atoms. The maximum absolute atomic E-state index is 13.1. The van der Waals surface area contributed by atoms with Gasteiger partial charge < -0.3 is 5.73 Å². The van der Waals surface area contributed by atoms with Gasteiger partial charge in [-0.3, -0.25) is 9.78 Å². The van der Waals surface area contributed by atoms with Crippen LogP contribution in [0.15, 0.2) is 12.3 Å². The molecule has 2 N–H and O–H groups in total. The number of rotatable bonds is 1. The first-order valence-corrected chi connectivity index (χ1v) is 6.26. The molecule has 5 heteroatoms. The third-order valence-electron chi connectivity index (χ3n) is 4.22. The van der Waals surface area contributed by atoms with E-state index in [0.29, 0.717) is 18.7 Å². The number of hydrogen-bond donors (Lipinski definition) is 1. The Labute approximate surface area is 105 Å². The van der Waals surface area contributed by atoms with E-state index < -0.39 is 5.91 Å². The van der Waals surface area contributed by atoms with Gasteiger partial charge >= 0.3 is 0 Å². The number of pyridine rings is 1. The lowest BCUT2D eigenvalue weighted by Crippen LogP contribution is -2.36. The third kappa shape index (κ3) is 1.88. The Morgan fingerprint density at radius 3 is 2.78 bits per heavy atom. The van der Waals surface area contributed by atoms with Crippen LogP contribution in [0.4, 0.5) is 4.48 Å². The zero-order valence-corrected chi connectivity index (χ0v) is 10.2. The van der Waals surface area contributed by atoms with Crippen LogP contribution in [-0.4, -0.2) is 29.1 Å². The SMILES string of the molecule is NC(=O)c1cnc2c(c1)CC1(CCN(F)CC1)C2. The van der Waals surface area contributed by atoms with Crippen molar-refractivity contribution < 1.29 is 9.28 Å². The van der Waals surface area contributed by atoms with Gasteiger partial charge in [0.2, 0.25) is 5.91 Å². The van der Waals surface area contributed by atoms with Crippen molar-refractivity contribution in [2.75, 3.05) is 13.1 Å². The minimum absolute atomic E-state index is 0.147. The lowest BCUT2D eigenvalue weighted by atomic mass is 9.76. The number of piperidine rings is 1. The number of carbonyl (C=O) groups is 1. The molecule has 1 aliphatic carbocycles. The molecule has 2 heterocycles. The molecule has 0 radical (unpaired) electrons. The zero-order chi connectivity index (χ0) is 12.8. The molecule has 1 spiro atoms. The monoisotopic (exact) mass is 249 g/mol. The number of carbonyl (C=O) groups excluding carboxylic acids is 1. The number of fused-ring (bicyclic) bond motifs is 1. The number of hydrogen-bond acceptors (Lipinski definition) is 3. The number of nitrogens with two attached hydrogens (primary N) is 1. The van der Waals surface area contributed by atoms with Crippen LogP contribution >= 0.6 is 0 Å².